The number of benzene rings is 2. The molecular weight excluding hydrogens is 372 g/mol. The van der Waals surface area contributed by atoms with Gasteiger partial charge >= 0.3 is 0 Å². The lowest BCUT2D eigenvalue weighted by Crippen LogP contribution is -2.04. The van der Waals surface area contributed by atoms with Crippen molar-refractivity contribution in [3.05, 3.63) is 51.5 Å². The molecule has 0 saturated carbocycles. The van der Waals surface area contributed by atoms with Crippen LogP contribution >= 0.6 is 15.9 Å². The van der Waals surface area contributed by atoms with Crippen LogP contribution in [0.2, 0.25) is 0 Å². The Morgan fingerprint density at radius 3 is 2.58 bits per heavy atom. The van der Waals surface area contributed by atoms with E-state index < -0.39 is 0 Å². The first-order valence-electron chi connectivity index (χ1n) is 7.19. The number of carbonyl (C=O) groups excluding carboxylic acids is 1. The molecule has 0 aliphatic heterocycles. The Morgan fingerprint density at radius 2 is 2.00 bits per heavy atom. The fourth-order valence-electron chi connectivity index (χ4n) is 2.28. The van der Waals surface area contributed by atoms with Crippen molar-refractivity contribution in [1.82, 2.24) is 0 Å². The zero-order valence-electron chi connectivity index (χ0n) is 13.6. The predicted octanol–water partition coefficient (Wildman–Crippen LogP) is 4.15. The number of nitriles is 1. The standard InChI is InChI=1S/C18H17BrN2O3/c1-11(22)13-4-5-14(9-20)16(8-13)21-10-12-6-15(19)18(24-3)17(7-12)23-2/h4-8,21H,10H2,1-3H3. The molecular formula is C18H17BrN2O3. The van der Waals surface area contributed by atoms with Crippen LogP contribution in [0.25, 0.3) is 0 Å². The monoisotopic (exact) mass is 388 g/mol. The SMILES string of the molecule is COc1cc(CNc2cc(C(C)=O)ccc2C#N)cc(Br)c1OC. The first-order valence-corrected chi connectivity index (χ1v) is 7.98. The van der Waals surface area contributed by atoms with Crippen molar-refractivity contribution >= 4 is 27.4 Å². The van der Waals surface area contributed by atoms with Crippen molar-refractivity contribution < 1.29 is 14.3 Å². The van der Waals surface area contributed by atoms with Gasteiger partial charge in [0.25, 0.3) is 0 Å². The molecule has 2 rings (SSSR count). The predicted molar refractivity (Wildman–Crippen MR) is 95.7 cm³/mol. The molecule has 0 aliphatic carbocycles. The summed E-state index contributed by atoms with van der Waals surface area (Å²) in [5, 5.41) is 12.4. The quantitative estimate of drug-likeness (QED) is 0.752. The molecule has 0 heterocycles. The van der Waals surface area contributed by atoms with Crippen LogP contribution in [-0.4, -0.2) is 20.0 Å². The van der Waals surface area contributed by atoms with Crippen LogP contribution in [0, 0.1) is 11.3 Å². The second-order valence-electron chi connectivity index (χ2n) is 5.10. The van der Waals surface area contributed by atoms with Crippen LogP contribution < -0.4 is 14.8 Å². The van der Waals surface area contributed by atoms with Crippen LogP contribution in [0.4, 0.5) is 5.69 Å². The van der Waals surface area contributed by atoms with Crippen LogP contribution in [0.15, 0.2) is 34.8 Å². The molecule has 0 spiro atoms. The highest BCUT2D eigenvalue weighted by Crippen LogP contribution is 2.36. The number of anilines is 1. The maximum atomic E-state index is 11.5. The molecule has 0 unspecified atom stereocenters. The Labute approximate surface area is 149 Å². The summed E-state index contributed by atoms with van der Waals surface area (Å²) in [6.45, 7) is 1.96. The van der Waals surface area contributed by atoms with E-state index in [4.69, 9.17) is 9.47 Å². The number of halogens is 1. The van der Waals surface area contributed by atoms with Gasteiger partial charge in [-0.15, -0.1) is 0 Å². The van der Waals surface area contributed by atoms with Crippen LogP contribution in [0.1, 0.15) is 28.4 Å². The summed E-state index contributed by atoms with van der Waals surface area (Å²) >= 11 is 3.45. The molecule has 0 atom stereocenters. The largest absolute Gasteiger partial charge is 0.493 e. The van der Waals surface area contributed by atoms with Crippen molar-refractivity contribution in [1.29, 1.82) is 5.26 Å². The second kappa shape index (κ2) is 7.84. The molecule has 6 heteroatoms. The van der Waals surface area contributed by atoms with Crippen molar-refractivity contribution in [2.24, 2.45) is 0 Å². The summed E-state index contributed by atoms with van der Waals surface area (Å²) in [6, 6.07) is 10.9. The molecule has 0 saturated heterocycles. The number of nitrogens with zero attached hydrogens (tertiary/aromatic N) is 1. The molecule has 0 fully saturated rings. The number of hydrogen-bond donors (Lipinski definition) is 1. The number of nitrogens with one attached hydrogen (secondary N) is 1. The van der Waals surface area contributed by atoms with E-state index in [1.54, 1.807) is 32.4 Å². The van der Waals surface area contributed by atoms with Gasteiger partial charge in [0.15, 0.2) is 17.3 Å². The van der Waals surface area contributed by atoms with E-state index in [9.17, 15) is 10.1 Å². The third-order valence-corrected chi connectivity index (χ3v) is 4.11. The first-order chi connectivity index (χ1) is 11.5. The van der Waals surface area contributed by atoms with Crippen molar-refractivity contribution in [3.8, 4) is 17.6 Å². The zero-order chi connectivity index (χ0) is 17.7. The average Bonchev–Trinajstić information content (AvgIpc) is 2.58. The van der Waals surface area contributed by atoms with E-state index in [1.807, 2.05) is 12.1 Å². The molecule has 124 valence electrons. The summed E-state index contributed by atoms with van der Waals surface area (Å²) in [6.07, 6.45) is 0. The van der Waals surface area contributed by atoms with E-state index in [1.165, 1.54) is 6.92 Å². The van der Waals surface area contributed by atoms with Crippen molar-refractivity contribution in [3.63, 3.8) is 0 Å². The molecule has 5 nitrogen and oxygen atoms in total. The van der Waals surface area contributed by atoms with E-state index in [0.29, 0.717) is 34.9 Å². The number of ether oxygens (including phenoxy) is 2. The number of ketones is 1. The maximum Gasteiger partial charge on any atom is 0.174 e. The Balaban J connectivity index is 2.28. The van der Waals surface area contributed by atoms with Gasteiger partial charge in [-0.2, -0.15) is 5.26 Å². The molecule has 0 amide bonds. The number of Topliss-reactive ketones (excluding diaryl/α,β-unsaturated/α-hetero) is 1. The Hall–Kier alpha value is -2.52. The third-order valence-electron chi connectivity index (χ3n) is 3.52. The van der Waals surface area contributed by atoms with Gasteiger partial charge in [0.1, 0.15) is 6.07 Å². The van der Waals surface area contributed by atoms with Gasteiger partial charge in [0, 0.05) is 12.1 Å². The third kappa shape index (κ3) is 3.87. The summed E-state index contributed by atoms with van der Waals surface area (Å²) in [7, 11) is 3.15. The molecule has 24 heavy (non-hydrogen) atoms. The Morgan fingerprint density at radius 1 is 1.25 bits per heavy atom. The lowest BCUT2D eigenvalue weighted by Gasteiger charge is -2.14. The number of hydrogen-bond acceptors (Lipinski definition) is 5. The molecule has 0 bridgehead atoms. The highest BCUT2D eigenvalue weighted by molar-refractivity contribution is 9.10. The van der Waals surface area contributed by atoms with Crippen molar-refractivity contribution in [2.75, 3.05) is 19.5 Å². The summed E-state index contributed by atoms with van der Waals surface area (Å²) in [5.74, 6) is 1.19. The van der Waals surface area contributed by atoms with Crippen molar-refractivity contribution in [2.45, 2.75) is 13.5 Å². The molecule has 0 aliphatic rings. The smallest absolute Gasteiger partial charge is 0.174 e. The minimum atomic E-state index is -0.0450. The summed E-state index contributed by atoms with van der Waals surface area (Å²) in [4.78, 5) is 11.5. The minimum Gasteiger partial charge on any atom is -0.493 e. The highest BCUT2D eigenvalue weighted by Gasteiger charge is 2.11. The van der Waals surface area contributed by atoms with Crippen LogP contribution in [0.3, 0.4) is 0 Å². The molecule has 2 aromatic rings. The molecule has 2 aromatic carbocycles. The van der Waals surface area contributed by atoms with Crippen LogP contribution in [-0.2, 0) is 6.54 Å². The van der Waals surface area contributed by atoms with E-state index in [-0.39, 0.29) is 5.78 Å². The molecule has 1 N–H and O–H groups in total. The Bertz CT molecular complexity index is 813. The fourth-order valence-corrected chi connectivity index (χ4v) is 2.93. The van der Waals surface area contributed by atoms with E-state index >= 15 is 0 Å². The number of rotatable bonds is 6. The van der Waals surface area contributed by atoms with Gasteiger partial charge in [-0.05, 0) is 58.7 Å². The van der Waals surface area contributed by atoms with Gasteiger partial charge in [-0.25, -0.2) is 0 Å². The molecule has 0 radical (unpaired) electrons. The lowest BCUT2D eigenvalue weighted by molar-refractivity contribution is 0.101. The summed E-state index contributed by atoms with van der Waals surface area (Å²) < 4.78 is 11.4. The topological polar surface area (TPSA) is 71.3 Å². The fraction of sp³-hybridized carbons (Fsp3) is 0.222. The van der Waals surface area contributed by atoms with Gasteiger partial charge < -0.3 is 14.8 Å². The summed E-state index contributed by atoms with van der Waals surface area (Å²) in [5.41, 5.74) is 2.61. The van der Waals surface area contributed by atoms with E-state index in [2.05, 4.69) is 27.3 Å². The van der Waals surface area contributed by atoms with E-state index in [0.717, 1.165) is 10.0 Å². The Kier molecular flexibility index (Phi) is 5.83. The first kappa shape index (κ1) is 17.8. The zero-order valence-corrected chi connectivity index (χ0v) is 15.2. The number of methoxy groups -OCH3 is 2. The van der Waals surface area contributed by atoms with Gasteiger partial charge in [-0.1, -0.05) is 0 Å². The van der Waals surface area contributed by atoms with Gasteiger partial charge in [0.2, 0.25) is 0 Å². The highest BCUT2D eigenvalue weighted by atomic mass is 79.9. The molecule has 0 aromatic heterocycles. The maximum absolute atomic E-state index is 11.5. The minimum absolute atomic E-state index is 0.0450. The second-order valence-corrected chi connectivity index (χ2v) is 5.95. The normalized spacial score (nSPS) is 9.96. The van der Waals surface area contributed by atoms with Crippen LogP contribution in [0.5, 0.6) is 11.5 Å². The lowest BCUT2D eigenvalue weighted by atomic mass is 10.1. The average molecular weight is 389 g/mol. The van der Waals surface area contributed by atoms with Gasteiger partial charge in [0.05, 0.1) is 29.9 Å². The number of carbonyl (C=O) groups is 1. The van der Waals surface area contributed by atoms with Gasteiger partial charge in [-0.3, -0.25) is 4.79 Å².